The van der Waals surface area contributed by atoms with Gasteiger partial charge in [0.25, 0.3) is 0 Å². The van der Waals surface area contributed by atoms with E-state index in [0.29, 0.717) is 12.0 Å². The summed E-state index contributed by atoms with van der Waals surface area (Å²) in [5, 5.41) is -0.642. The Labute approximate surface area is 102 Å². The summed E-state index contributed by atoms with van der Waals surface area (Å²) < 4.78 is 38.0. The van der Waals surface area contributed by atoms with E-state index in [-0.39, 0.29) is 10.6 Å². The highest BCUT2D eigenvalue weighted by Crippen LogP contribution is 2.27. The van der Waals surface area contributed by atoms with Crippen LogP contribution in [-0.4, -0.2) is 13.7 Å². The molecule has 3 nitrogen and oxygen atoms in total. The third kappa shape index (κ3) is 2.77. The Morgan fingerprint density at radius 1 is 1.35 bits per heavy atom. The molecule has 0 unspecified atom stereocenters. The van der Waals surface area contributed by atoms with Gasteiger partial charge in [-0.25, -0.2) is 12.8 Å². The average molecular weight is 259 g/mol. The summed E-state index contributed by atoms with van der Waals surface area (Å²) >= 11 is 0. The van der Waals surface area contributed by atoms with Crippen molar-refractivity contribution in [1.29, 1.82) is 0 Å². The van der Waals surface area contributed by atoms with Crippen LogP contribution in [0.3, 0.4) is 0 Å². The van der Waals surface area contributed by atoms with Crippen molar-refractivity contribution < 1.29 is 12.8 Å². The number of rotatable bonds is 4. The van der Waals surface area contributed by atoms with Crippen LogP contribution < -0.4 is 5.73 Å². The van der Waals surface area contributed by atoms with Gasteiger partial charge in [-0.1, -0.05) is 13.3 Å². The largest absolute Gasteiger partial charge is 0.399 e. The second-order valence-electron chi connectivity index (χ2n) is 4.33. The predicted molar refractivity (Wildman–Crippen MR) is 67.1 cm³/mol. The zero-order valence-corrected chi connectivity index (χ0v) is 11.1. The van der Waals surface area contributed by atoms with Crippen molar-refractivity contribution >= 4 is 15.5 Å². The summed E-state index contributed by atoms with van der Waals surface area (Å²) in [5.41, 5.74) is 6.27. The normalized spacial score (nSPS) is 12.1. The zero-order chi connectivity index (χ0) is 13.2. The predicted octanol–water partition coefficient (Wildman–Crippen LogP) is 2.54. The second kappa shape index (κ2) is 5.04. The molecular formula is C12H18FNO2S. The monoisotopic (exact) mass is 259 g/mol. The molecule has 0 saturated heterocycles. The Bertz CT molecular complexity index is 509. The van der Waals surface area contributed by atoms with Crippen LogP contribution in [0.15, 0.2) is 17.0 Å². The Morgan fingerprint density at radius 3 is 2.41 bits per heavy atom. The molecule has 0 saturated carbocycles. The molecule has 2 N–H and O–H groups in total. The van der Waals surface area contributed by atoms with E-state index in [9.17, 15) is 12.8 Å². The van der Waals surface area contributed by atoms with Crippen LogP contribution in [0.25, 0.3) is 0 Å². The molecule has 5 heteroatoms. The number of nitrogens with two attached hydrogens (primary N) is 1. The molecule has 96 valence electrons. The number of hydrogen-bond donors (Lipinski definition) is 1. The first-order valence-electron chi connectivity index (χ1n) is 5.62. The fourth-order valence-corrected chi connectivity index (χ4v) is 3.01. The zero-order valence-electron chi connectivity index (χ0n) is 10.3. The lowest BCUT2D eigenvalue weighted by molar-refractivity contribution is 0.557. The van der Waals surface area contributed by atoms with Crippen molar-refractivity contribution in [1.82, 2.24) is 0 Å². The maximum absolute atomic E-state index is 13.8. The minimum atomic E-state index is -3.61. The Hall–Kier alpha value is -1.10. The summed E-state index contributed by atoms with van der Waals surface area (Å²) in [6.07, 6.45) is 1.24. The molecule has 17 heavy (non-hydrogen) atoms. The molecule has 0 radical (unpaired) electrons. The quantitative estimate of drug-likeness (QED) is 0.845. The van der Waals surface area contributed by atoms with Gasteiger partial charge in [0.2, 0.25) is 0 Å². The SMILES string of the molecule is CCCc1cc(N)cc(F)c1S(=O)(=O)C(C)C. The van der Waals surface area contributed by atoms with E-state index < -0.39 is 20.9 Å². The van der Waals surface area contributed by atoms with E-state index in [1.54, 1.807) is 19.9 Å². The van der Waals surface area contributed by atoms with Gasteiger partial charge in [0.15, 0.2) is 9.84 Å². The first kappa shape index (κ1) is 14.0. The van der Waals surface area contributed by atoms with Gasteiger partial charge in [-0.2, -0.15) is 0 Å². The first-order chi connectivity index (χ1) is 7.80. The number of halogens is 1. The smallest absolute Gasteiger partial charge is 0.183 e. The maximum Gasteiger partial charge on any atom is 0.183 e. The van der Waals surface area contributed by atoms with Gasteiger partial charge < -0.3 is 5.73 Å². The summed E-state index contributed by atoms with van der Waals surface area (Å²) in [6.45, 7) is 4.99. The lowest BCUT2D eigenvalue weighted by Crippen LogP contribution is -2.18. The van der Waals surface area contributed by atoms with Crippen LogP contribution in [0, 0.1) is 5.82 Å². The average Bonchev–Trinajstić information content (AvgIpc) is 2.15. The van der Waals surface area contributed by atoms with Crippen LogP contribution in [0.4, 0.5) is 10.1 Å². The minimum absolute atomic E-state index is 0.191. The topological polar surface area (TPSA) is 60.2 Å². The summed E-state index contributed by atoms with van der Waals surface area (Å²) in [7, 11) is -3.61. The van der Waals surface area contributed by atoms with Crippen molar-refractivity contribution in [3.8, 4) is 0 Å². The minimum Gasteiger partial charge on any atom is -0.399 e. The lowest BCUT2D eigenvalue weighted by atomic mass is 10.1. The van der Waals surface area contributed by atoms with Crippen molar-refractivity contribution in [3.05, 3.63) is 23.5 Å². The highest BCUT2D eigenvalue weighted by atomic mass is 32.2. The van der Waals surface area contributed by atoms with Crippen LogP contribution in [0.1, 0.15) is 32.8 Å². The van der Waals surface area contributed by atoms with Gasteiger partial charge in [0.05, 0.1) is 5.25 Å². The molecule has 0 aliphatic rings. The molecule has 0 aliphatic carbocycles. The van der Waals surface area contributed by atoms with Crippen LogP contribution in [0.2, 0.25) is 0 Å². The lowest BCUT2D eigenvalue weighted by Gasteiger charge is -2.14. The Balaban J connectivity index is 3.51. The molecule has 1 aromatic rings. The van der Waals surface area contributed by atoms with E-state index in [0.717, 1.165) is 12.5 Å². The molecular weight excluding hydrogens is 241 g/mol. The molecule has 0 aliphatic heterocycles. The van der Waals surface area contributed by atoms with Crippen LogP contribution >= 0.6 is 0 Å². The van der Waals surface area contributed by atoms with E-state index >= 15 is 0 Å². The summed E-state index contributed by atoms with van der Waals surface area (Å²) in [6, 6.07) is 2.61. The van der Waals surface area contributed by atoms with E-state index in [1.165, 1.54) is 0 Å². The molecule has 0 atom stereocenters. The number of hydrogen-bond acceptors (Lipinski definition) is 3. The van der Waals surface area contributed by atoms with E-state index in [2.05, 4.69) is 0 Å². The van der Waals surface area contributed by atoms with Crippen molar-refractivity contribution in [2.45, 2.75) is 43.8 Å². The first-order valence-corrected chi connectivity index (χ1v) is 7.17. The molecule has 1 aromatic carbocycles. The van der Waals surface area contributed by atoms with Gasteiger partial charge in [0, 0.05) is 5.69 Å². The number of aryl methyl sites for hydroxylation is 1. The van der Waals surface area contributed by atoms with Crippen LogP contribution in [0.5, 0.6) is 0 Å². The van der Waals surface area contributed by atoms with Crippen molar-refractivity contribution in [2.75, 3.05) is 5.73 Å². The van der Waals surface area contributed by atoms with Gasteiger partial charge in [-0.3, -0.25) is 0 Å². The Kier molecular flexibility index (Phi) is 4.14. The molecule has 0 bridgehead atoms. The van der Waals surface area contributed by atoms with E-state index in [4.69, 9.17) is 5.73 Å². The number of sulfone groups is 1. The molecule has 0 aromatic heterocycles. The van der Waals surface area contributed by atoms with E-state index in [1.807, 2.05) is 6.92 Å². The van der Waals surface area contributed by atoms with Gasteiger partial charge in [0.1, 0.15) is 10.7 Å². The molecule has 0 spiro atoms. The Morgan fingerprint density at radius 2 is 1.94 bits per heavy atom. The molecule has 1 rings (SSSR count). The second-order valence-corrected chi connectivity index (χ2v) is 6.78. The van der Waals surface area contributed by atoms with Crippen LogP contribution in [-0.2, 0) is 16.3 Å². The fourth-order valence-electron chi connectivity index (χ4n) is 1.68. The third-order valence-corrected chi connectivity index (χ3v) is 4.83. The number of nitrogen functional groups attached to an aromatic ring is 1. The van der Waals surface area contributed by atoms with Gasteiger partial charge in [-0.05, 0) is 38.0 Å². The number of anilines is 1. The number of benzene rings is 1. The standard InChI is InChI=1S/C12H18FNO2S/c1-4-5-9-6-10(14)7-11(13)12(9)17(15,16)8(2)3/h6-8H,4-5,14H2,1-3H3. The van der Waals surface area contributed by atoms with Gasteiger partial charge >= 0.3 is 0 Å². The molecule has 0 heterocycles. The maximum atomic E-state index is 13.8. The fraction of sp³-hybridized carbons (Fsp3) is 0.500. The highest BCUT2D eigenvalue weighted by molar-refractivity contribution is 7.92. The molecule has 0 amide bonds. The van der Waals surface area contributed by atoms with Crippen molar-refractivity contribution in [3.63, 3.8) is 0 Å². The third-order valence-electron chi connectivity index (χ3n) is 2.57. The highest BCUT2D eigenvalue weighted by Gasteiger charge is 2.26. The summed E-state index contributed by atoms with van der Waals surface area (Å²) in [5.74, 6) is -0.748. The van der Waals surface area contributed by atoms with Crippen molar-refractivity contribution in [2.24, 2.45) is 0 Å². The van der Waals surface area contributed by atoms with Gasteiger partial charge in [-0.15, -0.1) is 0 Å². The molecule has 0 fully saturated rings. The summed E-state index contributed by atoms with van der Waals surface area (Å²) in [4.78, 5) is -0.191.